The second kappa shape index (κ2) is 5.52. The van der Waals surface area contributed by atoms with Gasteiger partial charge in [-0.1, -0.05) is 29.8 Å². The predicted molar refractivity (Wildman–Crippen MR) is 67.8 cm³/mol. The van der Waals surface area contributed by atoms with Crippen molar-refractivity contribution in [1.29, 1.82) is 0 Å². The summed E-state index contributed by atoms with van der Waals surface area (Å²) in [5, 5.41) is 0.555. The molecule has 0 atom stereocenters. The summed E-state index contributed by atoms with van der Waals surface area (Å²) in [6.07, 6.45) is 0. The average molecular weight is 250 g/mol. The molecule has 0 saturated heterocycles. The Kier molecular flexibility index (Phi) is 3.80. The van der Waals surface area contributed by atoms with E-state index in [1.807, 2.05) is 30.3 Å². The van der Waals surface area contributed by atoms with Crippen molar-refractivity contribution < 1.29 is 4.74 Å². The van der Waals surface area contributed by atoms with Crippen LogP contribution in [0.4, 0.5) is 5.82 Å². The van der Waals surface area contributed by atoms with Gasteiger partial charge in [-0.05, 0) is 24.3 Å². The molecule has 1 aromatic heterocycles. The molecule has 0 aliphatic rings. The highest BCUT2D eigenvalue weighted by atomic mass is 35.5. The first-order valence-corrected chi connectivity index (χ1v) is 5.47. The number of hydrazine groups is 1. The van der Waals surface area contributed by atoms with E-state index >= 15 is 0 Å². The highest BCUT2D eigenvalue weighted by Crippen LogP contribution is 2.18. The van der Waals surface area contributed by atoms with E-state index < -0.39 is 0 Å². The number of pyridine rings is 1. The molecule has 0 aliphatic heterocycles. The zero-order valence-electron chi connectivity index (χ0n) is 9.06. The minimum atomic E-state index is 0.304. The van der Waals surface area contributed by atoms with E-state index in [-0.39, 0.29) is 0 Å². The second-order valence-corrected chi connectivity index (χ2v) is 3.78. The maximum atomic E-state index is 6.01. The topological polar surface area (TPSA) is 60.2 Å². The fraction of sp³-hybridized carbons (Fsp3) is 0.0833. The van der Waals surface area contributed by atoms with Crippen LogP contribution in [0, 0.1) is 0 Å². The van der Waals surface area contributed by atoms with Gasteiger partial charge in [0.05, 0.1) is 10.7 Å². The third kappa shape index (κ3) is 3.09. The molecule has 0 unspecified atom stereocenters. The number of benzene rings is 1. The Hall–Kier alpha value is -1.78. The lowest BCUT2D eigenvalue weighted by Gasteiger charge is -2.08. The predicted octanol–water partition coefficient (Wildman–Crippen LogP) is 2.60. The van der Waals surface area contributed by atoms with Crippen molar-refractivity contribution in [3.8, 4) is 5.75 Å². The van der Waals surface area contributed by atoms with Crippen LogP contribution < -0.4 is 16.0 Å². The van der Waals surface area contributed by atoms with Crippen molar-refractivity contribution in [2.45, 2.75) is 6.61 Å². The Balaban J connectivity index is 2.08. The van der Waals surface area contributed by atoms with Crippen LogP contribution in [0.25, 0.3) is 0 Å². The number of para-hydroxylation sites is 1. The van der Waals surface area contributed by atoms with Gasteiger partial charge in [0.1, 0.15) is 18.2 Å². The number of hydrogen-bond acceptors (Lipinski definition) is 4. The molecular formula is C12H12ClN3O. The Morgan fingerprint density at radius 1 is 1.18 bits per heavy atom. The molecule has 88 valence electrons. The molecule has 0 aliphatic carbocycles. The molecule has 0 fully saturated rings. The van der Waals surface area contributed by atoms with Crippen LogP contribution in [0.1, 0.15) is 5.69 Å². The van der Waals surface area contributed by atoms with Gasteiger partial charge in [0.2, 0.25) is 0 Å². The number of halogens is 1. The van der Waals surface area contributed by atoms with Gasteiger partial charge in [0.25, 0.3) is 0 Å². The normalized spacial score (nSPS) is 10.0. The van der Waals surface area contributed by atoms with Gasteiger partial charge in [-0.25, -0.2) is 10.8 Å². The lowest BCUT2D eigenvalue weighted by atomic mass is 10.3. The summed E-state index contributed by atoms with van der Waals surface area (Å²) < 4.78 is 5.56. The molecule has 3 N–H and O–H groups in total. The highest BCUT2D eigenvalue weighted by molar-refractivity contribution is 6.31. The van der Waals surface area contributed by atoms with Gasteiger partial charge in [-0.2, -0.15) is 0 Å². The van der Waals surface area contributed by atoms with Crippen LogP contribution in [0.2, 0.25) is 5.02 Å². The summed E-state index contributed by atoms with van der Waals surface area (Å²) in [6.45, 7) is 0.304. The Bertz CT molecular complexity index is 490. The lowest BCUT2D eigenvalue weighted by Crippen LogP contribution is -2.10. The fourth-order valence-electron chi connectivity index (χ4n) is 1.33. The number of ether oxygens (including phenoxy) is 1. The van der Waals surface area contributed by atoms with Crippen LogP contribution in [0.5, 0.6) is 5.75 Å². The molecule has 17 heavy (non-hydrogen) atoms. The molecule has 0 saturated carbocycles. The van der Waals surface area contributed by atoms with Crippen molar-refractivity contribution in [3.63, 3.8) is 0 Å². The van der Waals surface area contributed by atoms with Gasteiger partial charge in [0, 0.05) is 0 Å². The van der Waals surface area contributed by atoms with E-state index in [0.717, 1.165) is 5.75 Å². The molecule has 1 heterocycles. The van der Waals surface area contributed by atoms with E-state index in [4.69, 9.17) is 22.2 Å². The van der Waals surface area contributed by atoms with E-state index in [1.165, 1.54) is 0 Å². The zero-order chi connectivity index (χ0) is 12.1. The van der Waals surface area contributed by atoms with Crippen LogP contribution in [-0.2, 0) is 6.61 Å². The van der Waals surface area contributed by atoms with Crippen molar-refractivity contribution in [2.75, 3.05) is 5.43 Å². The van der Waals surface area contributed by atoms with E-state index in [9.17, 15) is 0 Å². The molecular weight excluding hydrogens is 238 g/mol. The first-order chi connectivity index (χ1) is 8.29. The summed E-state index contributed by atoms with van der Waals surface area (Å²) in [5.41, 5.74) is 3.11. The minimum absolute atomic E-state index is 0.304. The van der Waals surface area contributed by atoms with Gasteiger partial charge >= 0.3 is 0 Å². The molecule has 1 aromatic carbocycles. The van der Waals surface area contributed by atoms with Gasteiger partial charge in [-0.15, -0.1) is 0 Å². The quantitative estimate of drug-likeness (QED) is 0.646. The molecule has 2 rings (SSSR count). The van der Waals surface area contributed by atoms with E-state index in [0.29, 0.717) is 23.1 Å². The summed E-state index contributed by atoms with van der Waals surface area (Å²) in [6, 6.07) is 12.9. The largest absolute Gasteiger partial charge is 0.487 e. The van der Waals surface area contributed by atoms with Crippen molar-refractivity contribution in [3.05, 3.63) is 53.2 Å². The maximum Gasteiger partial charge on any atom is 0.140 e. The molecule has 4 nitrogen and oxygen atoms in total. The first-order valence-electron chi connectivity index (χ1n) is 5.09. The number of hydrogen-bond donors (Lipinski definition) is 2. The number of nitrogens with one attached hydrogen (secondary N) is 1. The molecule has 0 radical (unpaired) electrons. The number of aromatic nitrogens is 1. The van der Waals surface area contributed by atoms with E-state index in [1.54, 1.807) is 12.1 Å². The maximum absolute atomic E-state index is 6.01. The Morgan fingerprint density at radius 2 is 1.94 bits per heavy atom. The molecule has 0 amide bonds. The van der Waals surface area contributed by atoms with Gasteiger partial charge < -0.3 is 10.2 Å². The number of nitrogens with two attached hydrogens (primary N) is 1. The summed E-state index contributed by atoms with van der Waals surface area (Å²) in [4.78, 5) is 4.21. The van der Waals surface area contributed by atoms with Crippen molar-refractivity contribution in [2.24, 2.45) is 5.84 Å². The van der Waals surface area contributed by atoms with Gasteiger partial charge in [0.15, 0.2) is 0 Å². The Labute approximate surface area is 104 Å². The molecule has 5 heteroatoms. The number of nitrogens with zero attached hydrogens (tertiary/aromatic N) is 1. The third-order valence-corrected chi connectivity index (χ3v) is 2.53. The Morgan fingerprint density at radius 3 is 2.65 bits per heavy atom. The summed E-state index contributed by atoms with van der Waals surface area (Å²) in [5.74, 6) is 6.61. The lowest BCUT2D eigenvalue weighted by molar-refractivity contribution is 0.301. The van der Waals surface area contributed by atoms with Crippen LogP contribution >= 0.6 is 11.6 Å². The molecule has 2 aromatic rings. The standard InChI is InChI=1S/C12H12ClN3O/c13-10-6-7-12(16-14)15-11(10)8-17-9-4-2-1-3-5-9/h1-7H,8,14H2,(H,15,16). The summed E-state index contributed by atoms with van der Waals surface area (Å²) in [7, 11) is 0. The summed E-state index contributed by atoms with van der Waals surface area (Å²) >= 11 is 6.01. The van der Waals surface area contributed by atoms with E-state index in [2.05, 4.69) is 10.4 Å². The fourth-order valence-corrected chi connectivity index (χ4v) is 1.49. The SMILES string of the molecule is NNc1ccc(Cl)c(COc2ccccc2)n1. The second-order valence-electron chi connectivity index (χ2n) is 3.37. The number of rotatable bonds is 4. The minimum Gasteiger partial charge on any atom is -0.487 e. The zero-order valence-corrected chi connectivity index (χ0v) is 9.82. The monoisotopic (exact) mass is 249 g/mol. The van der Waals surface area contributed by atoms with Crippen LogP contribution in [0.3, 0.4) is 0 Å². The highest BCUT2D eigenvalue weighted by Gasteiger charge is 2.04. The van der Waals surface area contributed by atoms with Crippen LogP contribution in [0.15, 0.2) is 42.5 Å². The molecule has 0 spiro atoms. The first kappa shape index (κ1) is 11.7. The smallest absolute Gasteiger partial charge is 0.140 e. The average Bonchev–Trinajstić information content (AvgIpc) is 2.39. The van der Waals surface area contributed by atoms with Crippen LogP contribution in [-0.4, -0.2) is 4.98 Å². The van der Waals surface area contributed by atoms with Gasteiger partial charge in [-0.3, -0.25) is 0 Å². The van der Waals surface area contributed by atoms with Crippen molar-refractivity contribution in [1.82, 2.24) is 4.98 Å². The number of anilines is 1. The number of nitrogen functional groups attached to an aromatic ring is 1. The van der Waals surface area contributed by atoms with Crippen molar-refractivity contribution >= 4 is 17.4 Å². The molecule has 0 bridgehead atoms. The third-order valence-electron chi connectivity index (χ3n) is 2.19.